The Bertz CT molecular complexity index is 749. The SMILES string of the molecule is Cc1ccccc1CN1CC2CC(C1)c1cccc(=O)n1C2. The second-order valence-corrected chi connectivity index (χ2v) is 6.82. The minimum absolute atomic E-state index is 0.166. The third-order valence-corrected chi connectivity index (χ3v) is 5.21. The highest BCUT2D eigenvalue weighted by molar-refractivity contribution is 5.26. The van der Waals surface area contributed by atoms with Gasteiger partial charge >= 0.3 is 0 Å². The lowest BCUT2D eigenvalue weighted by Gasteiger charge is -2.43. The molecule has 22 heavy (non-hydrogen) atoms. The normalized spacial score (nSPS) is 24.0. The first-order valence-electron chi connectivity index (χ1n) is 8.17. The van der Waals surface area contributed by atoms with Gasteiger partial charge in [0.2, 0.25) is 0 Å². The molecule has 2 aromatic rings. The van der Waals surface area contributed by atoms with E-state index in [1.807, 2.05) is 10.6 Å². The van der Waals surface area contributed by atoms with Gasteiger partial charge in [-0.25, -0.2) is 0 Å². The Hall–Kier alpha value is -1.87. The fourth-order valence-corrected chi connectivity index (χ4v) is 4.15. The molecule has 0 amide bonds. The van der Waals surface area contributed by atoms with Crippen LogP contribution in [0.15, 0.2) is 47.3 Å². The highest BCUT2D eigenvalue weighted by atomic mass is 16.1. The smallest absolute Gasteiger partial charge is 0.250 e. The maximum Gasteiger partial charge on any atom is 0.250 e. The molecule has 2 aliphatic rings. The number of pyridine rings is 1. The molecular formula is C19H22N2O. The maximum absolute atomic E-state index is 12.1. The van der Waals surface area contributed by atoms with Gasteiger partial charge in [0.05, 0.1) is 0 Å². The fourth-order valence-electron chi connectivity index (χ4n) is 4.15. The van der Waals surface area contributed by atoms with Gasteiger partial charge < -0.3 is 4.57 Å². The molecule has 2 unspecified atom stereocenters. The third kappa shape index (κ3) is 2.40. The van der Waals surface area contributed by atoms with Crippen molar-refractivity contribution in [3.05, 3.63) is 69.6 Å². The first-order chi connectivity index (χ1) is 10.7. The van der Waals surface area contributed by atoms with Crippen LogP contribution in [0, 0.1) is 12.8 Å². The number of rotatable bonds is 2. The molecule has 0 N–H and O–H groups in total. The van der Waals surface area contributed by atoms with Gasteiger partial charge in [-0.2, -0.15) is 0 Å². The van der Waals surface area contributed by atoms with Crippen molar-refractivity contribution in [2.75, 3.05) is 13.1 Å². The predicted octanol–water partition coefficient (Wildman–Crippen LogP) is 2.78. The van der Waals surface area contributed by atoms with Gasteiger partial charge in [0, 0.05) is 43.9 Å². The van der Waals surface area contributed by atoms with Crippen LogP contribution in [-0.4, -0.2) is 22.6 Å². The first kappa shape index (κ1) is 13.8. The molecule has 3 nitrogen and oxygen atoms in total. The molecule has 0 spiro atoms. The van der Waals surface area contributed by atoms with E-state index < -0.39 is 0 Å². The molecule has 3 heterocycles. The monoisotopic (exact) mass is 294 g/mol. The van der Waals surface area contributed by atoms with Crippen LogP contribution in [0.3, 0.4) is 0 Å². The molecule has 0 radical (unpaired) electrons. The van der Waals surface area contributed by atoms with E-state index >= 15 is 0 Å². The Labute approximate surface area is 131 Å². The number of benzene rings is 1. The van der Waals surface area contributed by atoms with E-state index in [0.29, 0.717) is 11.8 Å². The van der Waals surface area contributed by atoms with Crippen LogP contribution < -0.4 is 5.56 Å². The lowest BCUT2D eigenvalue weighted by molar-refractivity contribution is 0.114. The Morgan fingerprint density at radius 1 is 1.05 bits per heavy atom. The van der Waals surface area contributed by atoms with E-state index in [9.17, 15) is 4.79 Å². The number of aromatic nitrogens is 1. The summed E-state index contributed by atoms with van der Waals surface area (Å²) in [6.45, 7) is 6.27. The number of hydrogen-bond acceptors (Lipinski definition) is 2. The zero-order chi connectivity index (χ0) is 15.1. The number of nitrogens with zero attached hydrogens (tertiary/aromatic N) is 2. The average molecular weight is 294 g/mol. The molecule has 1 fully saturated rings. The van der Waals surface area contributed by atoms with E-state index in [2.05, 4.69) is 42.2 Å². The minimum Gasteiger partial charge on any atom is -0.312 e. The molecule has 114 valence electrons. The van der Waals surface area contributed by atoms with Crippen LogP contribution in [0.2, 0.25) is 0 Å². The summed E-state index contributed by atoms with van der Waals surface area (Å²) in [4.78, 5) is 14.6. The summed E-state index contributed by atoms with van der Waals surface area (Å²) in [7, 11) is 0. The second-order valence-electron chi connectivity index (χ2n) is 6.82. The molecular weight excluding hydrogens is 272 g/mol. The molecule has 0 saturated carbocycles. The predicted molar refractivity (Wildman–Crippen MR) is 88.0 cm³/mol. The van der Waals surface area contributed by atoms with Crippen LogP contribution in [0.5, 0.6) is 0 Å². The number of likely N-dealkylation sites (tertiary alicyclic amines) is 1. The lowest BCUT2D eigenvalue weighted by atomic mass is 9.83. The molecule has 2 atom stereocenters. The van der Waals surface area contributed by atoms with Gasteiger partial charge in [0.15, 0.2) is 0 Å². The summed E-state index contributed by atoms with van der Waals surface area (Å²) in [5, 5.41) is 0. The number of fused-ring (bicyclic) bond motifs is 4. The lowest BCUT2D eigenvalue weighted by Crippen LogP contribution is -2.46. The van der Waals surface area contributed by atoms with Crippen molar-refractivity contribution in [2.45, 2.75) is 32.4 Å². The van der Waals surface area contributed by atoms with E-state index in [1.165, 1.54) is 23.2 Å². The van der Waals surface area contributed by atoms with Crippen LogP contribution >= 0.6 is 0 Å². The van der Waals surface area contributed by atoms with E-state index in [-0.39, 0.29) is 5.56 Å². The quantitative estimate of drug-likeness (QED) is 0.851. The topological polar surface area (TPSA) is 25.2 Å². The van der Waals surface area contributed by atoms with Crippen molar-refractivity contribution in [1.82, 2.24) is 9.47 Å². The Morgan fingerprint density at radius 2 is 1.91 bits per heavy atom. The van der Waals surface area contributed by atoms with Crippen LogP contribution in [0.25, 0.3) is 0 Å². The molecule has 2 bridgehead atoms. The first-order valence-corrected chi connectivity index (χ1v) is 8.17. The molecule has 1 aromatic heterocycles. The van der Waals surface area contributed by atoms with Gasteiger partial charge in [-0.3, -0.25) is 9.69 Å². The second kappa shape index (κ2) is 5.40. The molecule has 3 heteroatoms. The van der Waals surface area contributed by atoms with Crippen molar-refractivity contribution in [3.63, 3.8) is 0 Å². The third-order valence-electron chi connectivity index (χ3n) is 5.21. The van der Waals surface area contributed by atoms with Crippen molar-refractivity contribution >= 4 is 0 Å². The van der Waals surface area contributed by atoms with E-state index in [4.69, 9.17) is 0 Å². The minimum atomic E-state index is 0.166. The number of aryl methyl sites for hydroxylation is 1. The van der Waals surface area contributed by atoms with Crippen molar-refractivity contribution in [1.29, 1.82) is 0 Å². The highest BCUT2D eigenvalue weighted by Gasteiger charge is 2.34. The highest BCUT2D eigenvalue weighted by Crippen LogP contribution is 2.35. The number of piperidine rings is 1. The molecule has 0 aliphatic carbocycles. The van der Waals surface area contributed by atoms with Gasteiger partial charge in [0.1, 0.15) is 0 Å². The summed E-state index contributed by atoms with van der Waals surface area (Å²) in [5.41, 5.74) is 4.19. The largest absolute Gasteiger partial charge is 0.312 e. The zero-order valence-corrected chi connectivity index (χ0v) is 13.0. The van der Waals surface area contributed by atoms with Gasteiger partial charge in [-0.1, -0.05) is 30.3 Å². The van der Waals surface area contributed by atoms with Crippen molar-refractivity contribution < 1.29 is 0 Å². The van der Waals surface area contributed by atoms with E-state index in [1.54, 1.807) is 6.07 Å². The molecule has 1 saturated heterocycles. The summed E-state index contributed by atoms with van der Waals surface area (Å²) in [6.07, 6.45) is 1.23. The standard InChI is InChI=1S/C19H22N2O/c1-14-5-2-3-6-16(14)12-20-10-15-9-17(13-20)18-7-4-8-19(22)21(18)11-15/h2-8,15,17H,9-13H2,1H3. The van der Waals surface area contributed by atoms with Gasteiger partial charge in [0.25, 0.3) is 5.56 Å². The van der Waals surface area contributed by atoms with Crippen molar-refractivity contribution in [3.8, 4) is 0 Å². The van der Waals surface area contributed by atoms with Crippen LogP contribution in [0.4, 0.5) is 0 Å². The number of hydrogen-bond donors (Lipinski definition) is 0. The maximum atomic E-state index is 12.1. The molecule has 4 rings (SSSR count). The Kier molecular flexibility index (Phi) is 3.38. The van der Waals surface area contributed by atoms with Crippen LogP contribution in [0.1, 0.15) is 29.2 Å². The summed E-state index contributed by atoms with van der Waals surface area (Å²) in [5.74, 6) is 1.11. The molecule has 2 aliphatic heterocycles. The van der Waals surface area contributed by atoms with Gasteiger partial charge in [-0.05, 0) is 36.5 Å². The fraction of sp³-hybridized carbons (Fsp3) is 0.421. The van der Waals surface area contributed by atoms with Gasteiger partial charge in [-0.15, -0.1) is 0 Å². The van der Waals surface area contributed by atoms with Crippen molar-refractivity contribution in [2.24, 2.45) is 5.92 Å². The van der Waals surface area contributed by atoms with E-state index in [0.717, 1.165) is 26.2 Å². The summed E-state index contributed by atoms with van der Waals surface area (Å²) in [6, 6.07) is 14.4. The summed E-state index contributed by atoms with van der Waals surface area (Å²) < 4.78 is 2.00. The Balaban J connectivity index is 1.59. The average Bonchev–Trinajstić information content (AvgIpc) is 2.51. The Morgan fingerprint density at radius 3 is 2.77 bits per heavy atom. The van der Waals surface area contributed by atoms with Crippen LogP contribution in [-0.2, 0) is 13.1 Å². The summed E-state index contributed by atoms with van der Waals surface area (Å²) >= 11 is 0. The molecule has 1 aromatic carbocycles. The zero-order valence-electron chi connectivity index (χ0n) is 13.0.